The highest BCUT2D eigenvalue weighted by Gasteiger charge is 2.21. The summed E-state index contributed by atoms with van der Waals surface area (Å²) < 4.78 is 11.5. The van der Waals surface area contributed by atoms with E-state index < -0.39 is 11.4 Å². The molecule has 29 heavy (non-hydrogen) atoms. The molecule has 2 aromatic heterocycles. The summed E-state index contributed by atoms with van der Waals surface area (Å²) in [6, 6.07) is 15.3. The number of fused-ring (bicyclic) bond motifs is 1. The van der Waals surface area contributed by atoms with E-state index in [2.05, 4.69) is 4.98 Å². The first-order valence-corrected chi connectivity index (χ1v) is 9.42. The highest BCUT2D eigenvalue weighted by molar-refractivity contribution is 6.30. The van der Waals surface area contributed by atoms with Crippen molar-refractivity contribution in [3.8, 4) is 17.1 Å². The largest absolute Gasteiger partial charge is 0.452 e. The number of benzene rings is 2. The average Bonchev–Trinajstić information content (AvgIpc) is 2.76. The molecule has 0 amide bonds. The Labute approximate surface area is 171 Å². The van der Waals surface area contributed by atoms with Gasteiger partial charge in [0, 0.05) is 23.0 Å². The number of aryl methyl sites for hydroxylation is 1. The molecule has 0 radical (unpaired) electrons. The van der Waals surface area contributed by atoms with Gasteiger partial charge in [0.25, 0.3) is 0 Å². The van der Waals surface area contributed by atoms with Crippen molar-refractivity contribution < 1.29 is 13.9 Å². The van der Waals surface area contributed by atoms with E-state index in [1.807, 2.05) is 13.0 Å². The molecule has 6 heteroatoms. The first-order valence-electron chi connectivity index (χ1n) is 9.04. The molecule has 0 aliphatic heterocycles. The highest BCUT2D eigenvalue weighted by atomic mass is 35.5. The third kappa shape index (κ3) is 3.77. The quantitative estimate of drug-likeness (QED) is 0.431. The molecule has 0 aliphatic carbocycles. The van der Waals surface area contributed by atoms with Gasteiger partial charge in [-0.3, -0.25) is 9.78 Å². The number of pyridine rings is 1. The molecule has 0 atom stereocenters. The number of esters is 1. The molecule has 0 aliphatic rings. The summed E-state index contributed by atoms with van der Waals surface area (Å²) in [5, 5.41) is 0.898. The second kappa shape index (κ2) is 7.89. The third-order valence-corrected chi connectivity index (χ3v) is 4.77. The Balaban J connectivity index is 1.92. The molecule has 144 valence electrons. The Morgan fingerprint density at radius 2 is 1.93 bits per heavy atom. The third-order valence-electron chi connectivity index (χ3n) is 4.52. The fourth-order valence-corrected chi connectivity index (χ4v) is 3.09. The Hall–Kier alpha value is -3.44. The number of ether oxygens (including phenoxy) is 1. The molecule has 0 N–H and O–H groups in total. The number of aromatic nitrogens is 1. The normalized spacial score (nSPS) is 10.8. The minimum Gasteiger partial charge on any atom is -0.452 e. The van der Waals surface area contributed by atoms with E-state index in [9.17, 15) is 9.59 Å². The lowest BCUT2D eigenvalue weighted by Gasteiger charge is -2.11. The Kier molecular flexibility index (Phi) is 5.14. The zero-order valence-electron chi connectivity index (χ0n) is 15.5. The van der Waals surface area contributed by atoms with Crippen molar-refractivity contribution in [1.82, 2.24) is 4.98 Å². The van der Waals surface area contributed by atoms with Gasteiger partial charge in [0.15, 0.2) is 5.76 Å². The molecule has 0 saturated heterocycles. The van der Waals surface area contributed by atoms with Crippen LogP contribution >= 0.6 is 11.6 Å². The van der Waals surface area contributed by atoms with E-state index in [1.54, 1.807) is 54.7 Å². The van der Waals surface area contributed by atoms with Crippen LogP contribution in [0.25, 0.3) is 22.3 Å². The fourth-order valence-electron chi connectivity index (χ4n) is 2.96. The lowest BCUT2D eigenvalue weighted by molar-refractivity contribution is 0.0731. The number of carbonyl (C=O) groups is 1. The van der Waals surface area contributed by atoms with Crippen molar-refractivity contribution in [2.24, 2.45) is 0 Å². The van der Waals surface area contributed by atoms with Crippen molar-refractivity contribution in [2.75, 3.05) is 0 Å². The Morgan fingerprint density at radius 1 is 1.14 bits per heavy atom. The zero-order valence-corrected chi connectivity index (χ0v) is 16.3. The van der Waals surface area contributed by atoms with Crippen LogP contribution in [0.3, 0.4) is 0 Å². The van der Waals surface area contributed by atoms with Crippen LogP contribution in [0, 0.1) is 0 Å². The van der Waals surface area contributed by atoms with Crippen LogP contribution < -0.4 is 10.2 Å². The Bertz CT molecular complexity index is 1250. The molecule has 0 fully saturated rings. The fraction of sp³-hybridized carbons (Fsp3) is 0.0870. The van der Waals surface area contributed by atoms with Crippen LogP contribution in [0.4, 0.5) is 0 Å². The number of halogens is 1. The summed E-state index contributed by atoms with van der Waals surface area (Å²) in [6.45, 7) is 1.99. The number of nitrogens with zero attached hydrogens (tertiary/aromatic N) is 1. The predicted octanol–water partition coefficient (Wildman–Crippen LogP) is 5.29. The molecular formula is C23H16ClNO4. The van der Waals surface area contributed by atoms with E-state index in [4.69, 9.17) is 20.8 Å². The predicted molar refractivity (Wildman–Crippen MR) is 112 cm³/mol. The molecule has 2 heterocycles. The van der Waals surface area contributed by atoms with E-state index in [-0.39, 0.29) is 17.1 Å². The zero-order chi connectivity index (χ0) is 20.4. The van der Waals surface area contributed by atoms with Gasteiger partial charge in [-0.25, -0.2) is 4.79 Å². The van der Waals surface area contributed by atoms with Gasteiger partial charge in [0.05, 0.1) is 10.9 Å². The molecular weight excluding hydrogens is 390 g/mol. The number of rotatable bonds is 4. The van der Waals surface area contributed by atoms with Crippen LogP contribution in [-0.2, 0) is 6.42 Å². The standard InChI is InChI=1S/C23H16ClNO4/c1-2-14-5-10-19-18(12-14)20(26)22(29-23(27)16-4-3-11-25-13-16)21(28-19)15-6-8-17(24)9-7-15/h3-13H,2H2,1H3. The second-order valence-corrected chi connectivity index (χ2v) is 6.85. The summed E-state index contributed by atoms with van der Waals surface area (Å²) in [4.78, 5) is 29.8. The SMILES string of the molecule is CCc1ccc2oc(-c3ccc(Cl)cc3)c(OC(=O)c3cccnc3)c(=O)c2c1. The van der Waals surface area contributed by atoms with Crippen LogP contribution in [0.1, 0.15) is 22.8 Å². The van der Waals surface area contributed by atoms with E-state index in [1.165, 1.54) is 6.20 Å². The number of carbonyl (C=O) groups excluding carboxylic acids is 1. The van der Waals surface area contributed by atoms with Gasteiger partial charge in [-0.15, -0.1) is 0 Å². The van der Waals surface area contributed by atoms with Crippen molar-refractivity contribution in [1.29, 1.82) is 0 Å². The minimum atomic E-state index is -0.688. The van der Waals surface area contributed by atoms with Gasteiger partial charge >= 0.3 is 5.97 Å². The molecule has 0 unspecified atom stereocenters. The van der Waals surface area contributed by atoms with Crippen molar-refractivity contribution >= 4 is 28.5 Å². The maximum Gasteiger partial charge on any atom is 0.345 e. The van der Waals surface area contributed by atoms with Crippen LogP contribution in [0.5, 0.6) is 5.75 Å². The summed E-state index contributed by atoms with van der Waals surface area (Å²) in [5.74, 6) is -0.686. The first kappa shape index (κ1) is 18.9. The summed E-state index contributed by atoms with van der Waals surface area (Å²) in [5.41, 5.74) is 1.79. The van der Waals surface area contributed by atoms with Crippen LogP contribution in [-0.4, -0.2) is 11.0 Å². The molecule has 0 bridgehead atoms. The van der Waals surface area contributed by atoms with Gasteiger partial charge in [0.2, 0.25) is 11.2 Å². The maximum atomic E-state index is 13.2. The first-order chi connectivity index (χ1) is 14.1. The number of hydrogen-bond donors (Lipinski definition) is 0. The second-order valence-electron chi connectivity index (χ2n) is 6.41. The molecule has 5 nitrogen and oxygen atoms in total. The topological polar surface area (TPSA) is 69.4 Å². The smallest absolute Gasteiger partial charge is 0.345 e. The van der Waals surface area contributed by atoms with Gasteiger partial charge in [-0.1, -0.05) is 24.6 Å². The summed E-state index contributed by atoms with van der Waals surface area (Å²) >= 11 is 5.98. The average molecular weight is 406 g/mol. The van der Waals surface area contributed by atoms with E-state index in [0.717, 1.165) is 12.0 Å². The van der Waals surface area contributed by atoms with Crippen molar-refractivity contribution in [3.05, 3.63) is 93.4 Å². The van der Waals surface area contributed by atoms with Crippen molar-refractivity contribution in [2.45, 2.75) is 13.3 Å². The van der Waals surface area contributed by atoms with Crippen LogP contribution in [0.2, 0.25) is 5.02 Å². The van der Waals surface area contributed by atoms with Gasteiger partial charge in [0.1, 0.15) is 5.58 Å². The lowest BCUT2D eigenvalue weighted by Crippen LogP contribution is -2.16. The van der Waals surface area contributed by atoms with Gasteiger partial charge < -0.3 is 9.15 Å². The molecule has 4 rings (SSSR count). The van der Waals surface area contributed by atoms with E-state index >= 15 is 0 Å². The molecule has 0 spiro atoms. The van der Waals surface area contributed by atoms with Crippen LogP contribution in [0.15, 0.2) is 76.2 Å². The lowest BCUT2D eigenvalue weighted by atomic mass is 10.1. The maximum absolute atomic E-state index is 13.2. The Morgan fingerprint density at radius 3 is 2.62 bits per heavy atom. The summed E-state index contributed by atoms with van der Waals surface area (Å²) in [7, 11) is 0. The van der Waals surface area contributed by atoms with Gasteiger partial charge in [-0.05, 0) is 60.5 Å². The molecule has 4 aromatic rings. The molecule has 2 aromatic carbocycles. The minimum absolute atomic E-state index is 0.165. The molecule has 0 saturated carbocycles. The van der Waals surface area contributed by atoms with E-state index in [0.29, 0.717) is 21.6 Å². The van der Waals surface area contributed by atoms with Crippen molar-refractivity contribution in [3.63, 3.8) is 0 Å². The summed E-state index contributed by atoms with van der Waals surface area (Å²) in [6.07, 6.45) is 3.69. The number of hydrogen-bond acceptors (Lipinski definition) is 5. The monoisotopic (exact) mass is 405 g/mol. The highest BCUT2D eigenvalue weighted by Crippen LogP contribution is 2.32. The van der Waals surface area contributed by atoms with Gasteiger partial charge in [-0.2, -0.15) is 0 Å².